The second kappa shape index (κ2) is 8.65. The maximum atomic E-state index is 13.5. The zero-order valence-electron chi connectivity index (χ0n) is 18.2. The van der Waals surface area contributed by atoms with Crippen molar-refractivity contribution in [3.8, 4) is 0 Å². The van der Waals surface area contributed by atoms with Gasteiger partial charge in [0.15, 0.2) is 0 Å². The number of primary amides is 1. The van der Waals surface area contributed by atoms with Gasteiger partial charge in [0.25, 0.3) is 0 Å². The van der Waals surface area contributed by atoms with Gasteiger partial charge in [-0.15, -0.1) is 0 Å². The van der Waals surface area contributed by atoms with Crippen LogP contribution in [0.15, 0.2) is 48.5 Å². The molecule has 0 radical (unpaired) electrons. The molecule has 3 aliphatic rings. The summed E-state index contributed by atoms with van der Waals surface area (Å²) in [7, 11) is 0. The Labute approximate surface area is 191 Å². The summed E-state index contributed by atoms with van der Waals surface area (Å²) in [6.45, 7) is 1.35. The van der Waals surface area contributed by atoms with Gasteiger partial charge in [-0.3, -0.25) is 9.69 Å². The van der Waals surface area contributed by atoms with Gasteiger partial charge in [0.2, 0.25) is 5.91 Å². The molecule has 176 valence electrons. The number of fused-ring (bicyclic) bond motifs is 3. The van der Waals surface area contributed by atoms with Crippen LogP contribution in [0, 0.1) is 5.92 Å². The Morgan fingerprint density at radius 3 is 2.64 bits per heavy atom. The van der Waals surface area contributed by atoms with Gasteiger partial charge in [-0.25, -0.2) is 0 Å². The van der Waals surface area contributed by atoms with Crippen molar-refractivity contribution in [2.75, 3.05) is 18.4 Å². The number of ether oxygens (including phenoxy) is 1. The molecule has 2 saturated heterocycles. The molecule has 3 heterocycles. The third kappa shape index (κ3) is 4.34. The number of hydrogen-bond acceptors (Lipinski definition) is 4. The minimum atomic E-state index is -4.42. The third-order valence-electron chi connectivity index (χ3n) is 7.26. The quantitative estimate of drug-likeness (QED) is 0.698. The molecule has 3 N–H and O–H groups in total. The topological polar surface area (TPSA) is 67.6 Å². The standard InChI is InChI=1S/C25H28F3N3O2/c26-25(27,28)16-8-11-20-19(13-16)23-18(22(30-20)15-5-2-1-3-6-15)10-9-17(33-23)14-31-12-4-7-21(31)24(29)32/h1-3,5-6,8,11,13,17-18,21-23,30H,4,7,9-10,12,14H2,(H2,29,32)/t17-,18+,21-,22+,23+/m1/s1. The molecule has 0 unspecified atom stereocenters. The van der Waals surface area contributed by atoms with Crippen molar-refractivity contribution in [3.05, 3.63) is 65.2 Å². The van der Waals surface area contributed by atoms with Crippen LogP contribution in [-0.2, 0) is 15.7 Å². The van der Waals surface area contributed by atoms with Crippen LogP contribution in [0.1, 0.15) is 54.5 Å². The van der Waals surface area contributed by atoms with Crippen LogP contribution in [-0.4, -0.2) is 36.0 Å². The predicted molar refractivity (Wildman–Crippen MR) is 118 cm³/mol. The number of hydrogen-bond donors (Lipinski definition) is 2. The van der Waals surface area contributed by atoms with E-state index < -0.39 is 17.8 Å². The van der Waals surface area contributed by atoms with E-state index in [9.17, 15) is 18.0 Å². The molecule has 5 nitrogen and oxygen atoms in total. The number of nitrogens with two attached hydrogens (primary N) is 1. The number of amides is 1. The highest BCUT2D eigenvalue weighted by Crippen LogP contribution is 2.51. The van der Waals surface area contributed by atoms with Crippen molar-refractivity contribution >= 4 is 11.6 Å². The summed E-state index contributed by atoms with van der Waals surface area (Å²) < 4.78 is 47.0. The van der Waals surface area contributed by atoms with Gasteiger partial charge in [0.05, 0.1) is 29.9 Å². The van der Waals surface area contributed by atoms with E-state index in [1.165, 1.54) is 12.1 Å². The number of rotatable bonds is 4. The summed E-state index contributed by atoms with van der Waals surface area (Å²) >= 11 is 0. The van der Waals surface area contributed by atoms with Crippen LogP contribution in [0.25, 0.3) is 0 Å². The SMILES string of the molecule is NC(=O)[C@H]1CCCN1C[C@H]1CC[C@@H]2[C@H](O1)c1cc(C(F)(F)F)ccc1N[C@H]2c1ccccc1. The van der Waals surface area contributed by atoms with Crippen LogP contribution in [0.3, 0.4) is 0 Å². The van der Waals surface area contributed by atoms with Crippen LogP contribution in [0.2, 0.25) is 0 Å². The van der Waals surface area contributed by atoms with E-state index in [4.69, 9.17) is 10.5 Å². The van der Waals surface area contributed by atoms with Crippen molar-refractivity contribution in [1.82, 2.24) is 4.90 Å². The zero-order chi connectivity index (χ0) is 23.2. The minimum absolute atomic E-state index is 0.00477. The van der Waals surface area contributed by atoms with E-state index in [0.29, 0.717) is 17.8 Å². The molecule has 5 atom stereocenters. The lowest BCUT2D eigenvalue weighted by atomic mass is 9.76. The fourth-order valence-electron chi connectivity index (χ4n) is 5.69. The van der Waals surface area contributed by atoms with Crippen LogP contribution in [0.5, 0.6) is 0 Å². The first-order valence-corrected chi connectivity index (χ1v) is 11.5. The van der Waals surface area contributed by atoms with Crippen LogP contribution in [0.4, 0.5) is 18.9 Å². The first kappa shape index (κ1) is 22.2. The number of nitrogens with zero attached hydrogens (tertiary/aromatic N) is 1. The Bertz CT molecular complexity index is 1010. The molecule has 0 spiro atoms. The van der Waals surface area contributed by atoms with Gasteiger partial charge < -0.3 is 15.8 Å². The van der Waals surface area contributed by atoms with E-state index in [1.807, 2.05) is 30.3 Å². The molecule has 0 saturated carbocycles. The van der Waals surface area contributed by atoms with Gasteiger partial charge in [0, 0.05) is 23.7 Å². The maximum absolute atomic E-state index is 13.5. The summed E-state index contributed by atoms with van der Waals surface area (Å²) in [6, 6.07) is 13.5. The number of carbonyl (C=O) groups excluding carboxylic acids is 1. The lowest BCUT2D eigenvalue weighted by Crippen LogP contribution is -2.47. The molecule has 1 amide bonds. The number of alkyl halides is 3. The van der Waals surface area contributed by atoms with Crippen molar-refractivity contribution in [3.63, 3.8) is 0 Å². The fraction of sp³-hybridized carbons (Fsp3) is 0.480. The molecular weight excluding hydrogens is 431 g/mol. The van der Waals surface area contributed by atoms with Gasteiger partial charge in [-0.1, -0.05) is 30.3 Å². The Hall–Kier alpha value is -2.58. The summed E-state index contributed by atoms with van der Waals surface area (Å²) in [5, 5.41) is 3.48. The fourth-order valence-corrected chi connectivity index (χ4v) is 5.69. The Kier molecular flexibility index (Phi) is 5.82. The lowest BCUT2D eigenvalue weighted by Gasteiger charge is -2.46. The molecular formula is C25H28F3N3O2. The van der Waals surface area contributed by atoms with Crippen LogP contribution >= 0.6 is 0 Å². The molecule has 3 aliphatic heterocycles. The second-order valence-corrected chi connectivity index (χ2v) is 9.31. The smallest absolute Gasteiger partial charge is 0.378 e. The van der Waals surface area contributed by atoms with Crippen molar-refractivity contribution in [1.29, 1.82) is 0 Å². The number of halogens is 3. The van der Waals surface area contributed by atoms with Gasteiger partial charge in [0.1, 0.15) is 0 Å². The summed E-state index contributed by atoms with van der Waals surface area (Å²) in [6.07, 6.45) is -1.80. The first-order chi connectivity index (χ1) is 15.8. The Balaban J connectivity index is 1.45. The molecule has 2 aromatic carbocycles. The summed E-state index contributed by atoms with van der Waals surface area (Å²) in [5.41, 5.74) is 7.22. The van der Waals surface area contributed by atoms with E-state index in [0.717, 1.165) is 43.9 Å². The summed E-state index contributed by atoms with van der Waals surface area (Å²) in [5.74, 6) is -0.322. The number of nitrogens with one attached hydrogen (secondary N) is 1. The van der Waals surface area contributed by atoms with Crippen molar-refractivity contribution in [2.24, 2.45) is 11.7 Å². The average Bonchev–Trinajstić information content (AvgIpc) is 3.26. The average molecular weight is 460 g/mol. The van der Waals surface area contributed by atoms with E-state index in [1.54, 1.807) is 0 Å². The van der Waals surface area contributed by atoms with Gasteiger partial charge in [-0.2, -0.15) is 13.2 Å². The van der Waals surface area contributed by atoms with Gasteiger partial charge >= 0.3 is 6.18 Å². The predicted octanol–water partition coefficient (Wildman–Crippen LogP) is 4.66. The molecule has 0 aromatic heterocycles. The highest BCUT2D eigenvalue weighted by molar-refractivity contribution is 5.80. The molecule has 2 aromatic rings. The second-order valence-electron chi connectivity index (χ2n) is 9.31. The maximum Gasteiger partial charge on any atom is 0.416 e. The molecule has 8 heteroatoms. The highest BCUT2D eigenvalue weighted by Gasteiger charge is 2.44. The first-order valence-electron chi connectivity index (χ1n) is 11.5. The number of anilines is 1. The number of benzene rings is 2. The molecule has 0 bridgehead atoms. The van der Waals surface area contributed by atoms with Gasteiger partial charge in [-0.05, 0) is 56.0 Å². The normalized spacial score (nSPS) is 29.7. The van der Waals surface area contributed by atoms with E-state index >= 15 is 0 Å². The zero-order valence-corrected chi connectivity index (χ0v) is 18.2. The molecule has 0 aliphatic carbocycles. The highest BCUT2D eigenvalue weighted by atomic mass is 19.4. The van der Waals surface area contributed by atoms with Crippen molar-refractivity contribution in [2.45, 2.75) is 56.2 Å². The number of likely N-dealkylation sites (tertiary alicyclic amines) is 1. The number of carbonyl (C=O) groups is 1. The molecule has 2 fully saturated rings. The van der Waals surface area contributed by atoms with Crippen LogP contribution < -0.4 is 11.1 Å². The monoisotopic (exact) mass is 459 g/mol. The molecule has 33 heavy (non-hydrogen) atoms. The summed E-state index contributed by atoms with van der Waals surface area (Å²) in [4.78, 5) is 13.9. The van der Waals surface area contributed by atoms with E-state index in [-0.39, 0.29) is 30.0 Å². The van der Waals surface area contributed by atoms with E-state index in [2.05, 4.69) is 10.2 Å². The largest absolute Gasteiger partial charge is 0.416 e. The van der Waals surface area contributed by atoms with Crippen molar-refractivity contribution < 1.29 is 22.7 Å². The lowest BCUT2D eigenvalue weighted by molar-refractivity contribution is -0.138. The Morgan fingerprint density at radius 1 is 1.12 bits per heavy atom. The third-order valence-corrected chi connectivity index (χ3v) is 7.26. The molecule has 5 rings (SSSR count). The minimum Gasteiger partial charge on any atom is -0.378 e. The Morgan fingerprint density at radius 2 is 1.91 bits per heavy atom.